The first-order valence-electron chi connectivity index (χ1n) is 7.05. The Balaban J connectivity index is 2.58. The third-order valence-corrected chi connectivity index (χ3v) is 3.91. The maximum Gasteiger partial charge on any atom is 0.119 e. The van der Waals surface area contributed by atoms with E-state index in [2.05, 4.69) is 44.9 Å². The van der Waals surface area contributed by atoms with Crippen LogP contribution in [0.2, 0.25) is 0 Å². The second-order valence-electron chi connectivity index (χ2n) is 5.63. The van der Waals surface area contributed by atoms with Gasteiger partial charge in [-0.2, -0.15) is 0 Å². The van der Waals surface area contributed by atoms with E-state index >= 15 is 0 Å². The summed E-state index contributed by atoms with van der Waals surface area (Å²) in [6.45, 7) is 7.58. The molecule has 0 aromatic heterocycles. The molecule has 0 saturated carbocycles. The van der Waals surface area contributed by atoms with Gasteiger partial charge in [0, 0.05) is 12.1 Å². The zero-order valence-corrected chi connectivity index (χ0v) is 12.9. The molecule has 0 heterocycles. The summed E-state index contributed by atoms with van der Waals surface area (Å²) in [6, 6.07) is 8.91. The van der Waals surface area contributed by atoms with Crippen molar-refractivity contribution in [2.45, 2.75) is 39.3 Å². The molecule has 2 unspecified atom stereocenters. The van der Waals surface area contributed by atoms with Crippen molar-refractivity contribution in [1.29, 1.82) is 0 Å². The maximum atomic E-state index is 6.10. The molecule has 108 valence electrons. The molecule has 3 heteroatoms. The largest absolute Gasteiger partial charge is 0.497 e. The molecule has 0 fully saturated rings. The lowest BCUT2D eigenvalue weighted by atomic mass is 10.0. The van der Waals surface area contributed by atoms with Crippen molar-refractivity contribution in [3.63, 3.8) is 0 Å². The molecule has 1 aromatic rings. The van der Waals surface area contributed by atoms with E-state index in [1.54, 1.807) is 7.11 Å². The third kappa shape index (κ3) is 4.84. The second-order valence-corrected chi connectivity index (χ2v) is 5.63. The lowest BCUT2D eigenvalue weighted by molar-refractivity contribution is 0.243. The van der Waals surface area contributed by atoms with Crippen molar-refractivity contribution >= 4 is 0 Å². The minimum absolute atomic E-state index is 0.278. The number of rotatable bonds is 7. The molecule has 1 aromatic carbocycles. The molecule has 2 N–H and O–H groups in total. The number of benzene rings is 1. The Morgan fingerprint density at radius 2 is 1.95 bits per heavy atom. The van der Waals surface area contributed by atoms with Crippen molar-refractivity contribution < 1.29 is 4.74 Å². The minimum atomic E-state index is 0.278. The molecule has 0 bridgehead atoms. The van der Waals surface area contributed by atoms with Gasteiger partial charge in [0.15, 0.2) is 0 Å². The molecule has 0 spiro atoms. The topological polar surface area (TPSA) is 38.5 Å². The highest BCUT2D eigenvalue weighted by Crippen LogP contribution is 2.23. The van der Waals surface area contributed by atoms with Gasteiger partial charge in [-0.15, -0.1) is 0 Å². The van der Waals surface area contributed by atoms with Gasteiger partial charge in [0.2, 0.25) is 0 Å². The summed E-state index contributed by atoms with van der Waals surface area (Å²) in [4.78, 5) is 2.34. The van der Waals surface area contributed by atoms with Gasteiger partial charge in [-0.3, -0.25) is 4.90 Å². The number of ether oxygens (including phenoxy) is 1. The normalized spacial score (nSPS) is 14.7. The molecule has 0 aliphatic rings. The van der Waals surface area contributed by atoms with Crippen LogP contribution in [-0.2, 0) is 0 Å². The zero-order chi connectivity index (χ0) is 14.4. The highest BCUT2D eigenvalue weighted by Gasteiger charge is 2.14. The summed E-state index contributed by atoms with van der Waals surface area (Å²) < 4.78 is 5.28. The van der Waals surface area contributed by atoms with Crippen LogP contribution in [0.1, 0.15) is 38.8 Å². The van der Waals surface area contributed by atoms with Gasteiger partial charge in [0.05, 0.1) is 7.11 Å². The summed E-state index contributed by atoms with van der Waals surface area (Å²) in [7, 11) is 3.85. The Morgan fingerprint density at radius 3 is 2.53 bits per heavy atom. The molecule has 3 nitrogen and oxygen atoms in total. The van der Waals surface area contributed by atoms with Crippen LogP contribution in [0, 0.1) is 5.92 Å². The van der Waals surface area contributed by atoms with Crippen molar-refractivity contribution in [3.8, 4) is 5.75 Å². The average Bonchev–Trinajstić information content (AvgIpc) is 2.43. The zero-order valence-electron chi connectivity index (χ0n) is 12.9. The van der Waals surface area contributed by atoms with Crippen molar-refractivity contribution in [2.24, 2.45) is 11.7 Å². The molecule has 1 rings (SSSR count). The van der Waals surface area contributed by atoms with Crippen molar-refractivity contribution in [3.05, 3.63) is 29.8 Å². The summed E-state index contributed by atoms with van der Waals surface area (Å²) in [5, 5.41) is 0. The predicted octanol–water partition coefficient (Wildman–Crippen LogP) is 3.06. The Labute approximate surface area is 117 Å². The predicted molar refractivity (Wildman–Crippen MR) is 81.5 cm³/mol. The van der Waals surface area contributed by atoms with E-state index in [4.69, 9.17) is 10.5 Å². The molecule has 0 saturated heterocycles. The number of hydrogen-bond donors (Lipinski definition) is 1. The first kappa shape index (κ1) is 16.0. The molecule has 0 aliphatic heterocycles. The van der Waals surface area contributed by atoms with Gasteiger partial charge < -0.3 is 10.5 Å². The lowest BCUT2D eigenvalue weighted by Gasteiger charge is -2.27. The van der Waals surface area contributed by atoms with Crippen LogP contribution in [0.4, 0.5) is 0 Å². The van der Waals surface area contributed by atoms with E-state index < -0.39 is 0 Å². The highest BCUT2D eigenvalue weighted by molar-refractivity contribution is 5.30. The highest BCUT2D eigenvalue weighted by atomic mass is 16.5. The van der Waals surface area contributed by atoms with E-state index in [1.165, 1.54) is 5.56 Å². The Hall–Kier alpha value is -1.06. The number of nitrogens with zero attached hydrogens (tertiary/aromatic N) is 1. The molecule has 2 atom stereocenters. The van der Waals surface area contributed by atoms with Crippen LogP contribution in [0.5, 0.6) is 5.75 Å². The fourth-order valence-corrected chi connectivity index (χ4v) is 2.04. The first-order chi connectivity index (χ1) is 8.95. The molecule has 0 aliphatic carbocycles. The Morgan fingerprint density at radius 1 is 1.26 bits per heavy atom. The molecular weight excluding hydrogens is 236 g/mol. The fourth-order valence-electron chi connectivity index (χ4n) is 2.04. The van der Waals surface area contributed by atoms with Crippen LogP contribution in [0.15, 0.2) is 24.3 Å². The standard InChI is InChI=1S/C16H28N2O/c1-12(2)16(17)9-10-18(4)13(3)14-7-6-8-15(11-14)19-5/h6-8,11-13,16H,9-10,17H2,1-5H3. The molecular formula is C16H28N2O. The molecule has 0 amide bonds. The first-order valence-corrected chi connectivity index (χ1v) is 7.05. The third-order valence-electron chi connectivity index (χ3n) is 3.91. The van der Waals surface area contributed by atoms with Gasteiger partial charge in [-0.25, -0.2) is 0 Å². The lowest BCUT2D eigenvalue weighted by Crippen LogP contribution is -2.32. The number of methoxy groups -OCH3 is 1. The van der Waals surface area contributed by atoms with E-state index in [1.807, 2.05) is 12.1 Å². The second kappa shape index (κ2) is 7.51. The quantitative estimate of drug-likeness (QED) is 0.822. The van der Waals surface area contributed by atoms with Crippen LogP contribution in [0.25, 0.3) is 0 Å². The minimum Gasteiger partial charge on any atom is -0.497 e. The van der Waals surface area contributed by atoms with E-state index in [9.17, 15) is 0 Å². The fraction of sp³-hybridized carbons (Fsp3) is 0.625. The van der Waals surface area contributed by atoms with Gasteiger partial charge in [0.1, 0.15) is 5.75 Å². The average molecular weight is 264 g/mol. The van der Waals surface area contributed by atoms with Crippen LogP contribution < -0.4 is 10.5 Å². The van der Waals surface area contributed by atoms with Crippen molar-refractivity contribution in [2.75, 3.05) is 20.7 Å². The van der Waals surface area contributed by atoms with E-state index in [0.29, 0.717) is 12.0 Å². The van der Waals surface area contributed by atoms with E-state index in [0.717, 1.165) is 18.7 Å². The Bertz CT molecular complexity index is 379. The van der Waals surface area contributed by atoms with Gasteiger partial charge in [0.25, 0.3) is 0 Å². The monoisotopic (exact) mass is 264 g/mol. The maximum absolute atomic E-state index is 6.10. The summed E-state index contributed by atoms with van der Waals surface area (Å²) in [5.41, 5.74) is 7.38. The summed E-state index contributed by atoms with van der Waals surface area (Å²) in [5.74, 6) is 1.46. The molecule has 0 radical (unpaired) electrons. The van der Waals surface area contributed by atoms with Gasteiger partial charge >= 0.3 is 0 Å². The SMILES string of the molecule is COc1cccc(C(C)N(C)CCC(N)C(C)C)c1. The number of nitrogens with two attached hydrogens (primary N) is 1. The number of hydrogen-bond acceptors (Lipinski definition) is 3. The van der Waals surface area contributed by atoms with Crippen LogP contribution in [0.3, 0.4) is 0 Å². The summed E-state index contributed by atoms with van der Waals surface area (Å²) >= 11 is 0. The van der Waals surface area contributed by atoms with E-state index in [-0.39, 0.29) is 6.04 Å². The van der Waals surface area contributed by atoms with Crippen molar-refractivity contribution in [1.82, 2.24) is 4.90 Å². The van der Waals surface area contributed by atoms with Crippen LogP contribution >= 0.6 is 0 Å². The smallest absolute Gasteiger partial charge is 0.119 e. The molecule has 19 heavy (non-hydrogen) atoms. The van der Waals surface area contributed by atoms with Gasteiger partial charge in [-0.05, 0) is 50.6 Å². The summed E-state index contributed by atoms with van der Waals surface area (Å²) in [6.07, 6.45) is 1.03. The van der Waals surface area contributed by atoms with Gasteiger partial charge in [-0.1, -0.05) is 26.0 Å². The Kier molecular flexibility index (Phi) is 6.32. The van der Waals surface area contributed by atoms with Crippen LogP contribution in [-0.4, -0.2) is 31.6 Å².